The summed E-state index contributed by atoms with van der Waals surface area (Å²) in [6.45, 7) is 1.31. The lowest BCUT2D eigenvalue weighted by atomic mass is 9.72. The van der Waals surface area contributed by atoms with Crippen LogP contribution in [0.5, 0.6) is 5.75 Å². The van der Waals surface area contributed by atoms with Crippen molar-refractivity contribution in [3.8, 4) is 5.75 Å². The Bertz CT molecular complexity index is 1400. The van der Waals surface area contributed by atoms with Gasteiger partial charge in [0, 0.05) is 44.1 Å². The third-order valence-corrected chi connectivity index (χ3v) is 8.05. The second-order valence-electron chi connectivity index (χ2n) is 10.2. The molecule has 9 heteroatoms. The van der Waals surface area contributed by atoms with Gasteiger partial charge >= 0.3 is 0 Å². The molecular formula is C29H31N5O4. The van der Waals surface area contributed by atoms with Crippen LogP contribution in [0.3, 0.4) is 0 Å². The highest BCUT2D eigenvalue weighted by molar-refractivity contribution is 6.12. The zero-order valence-corrected chi connectivity index (χ0v) is 21.4. The predicted molar refractivity (Wildman–Crippen MR) is 141 cm³/mol. The molecule has 6 rings (SSSR count). The minimum Gasteiger partial charge on any atom is -0.494 e. The van der Waals surface area contributed by atoms with Gasteiger partial charge in [-0.25, -0.2) is 0 Å². The Morgan fingerprint density at radius 2 is 2.03 bits per heavy atom. The Hall–Kier alpha value is -4.14. The van der Waals surface area contributed by atoms with E-state index in [1.165, 1.54) is 0 Å². The van der Waals surface area contributed by atoms with E-state index >= 15 is 0 Å². The molecule has 0 radical (unpaired) electrons. The number of para-hydroxylation sites is 1. The van der Waals surface area contributed by atoms with Crippen LogP contribution >= 0.6 is 0 Å². The van der Waals surface area contributed by atoms with Crippen molar-refractivity contribution in [2.24, 2.45) is 7.05 Å². The van der Waals surface area contributed by atoms with Gasteiger partial charge < -0.3 is 19.9 Å². The van der Waals surface area contributed by atoms with Crippen LogP contribution in [0.25, 0.3) is 0 Å². The van der Waals surface area contributed by atoms with Gasteiger partial charge in [-0.15, -0.1) is 0 Å². The third-order valence-electron chi connectivity index (χ3n) is 8.05. The normalized spacial score (nSPS) is 22.8. The SMILES string of the molecule is Cn1nccc1CCC(=O)N1CC[C@]23C(=O)N(CC(=O)NCCCOc4cccc(c4)[C@H]12)c1ccccc13. The predicted octanol–water partition coefficient (Wildman–Crippen LogP) is 2.51. The highest BCUT2D eigenvalue weighted by Gasteiger charge is 2.61. The van der Waals surface area contributed by atoms with Crippen molar-refractivity contribution in [2.45, 2.75) is 37.1 Å². The molecule has 3 aromatic rings. The second-order valence-corrected chi connectivity index (χ2v) is 10.2. The van der Waals surface area contributed by atoms with Crippen LogP contribution in [0.4, 0.5) is 5.69 Å². The summed E-state index contributed by atoms with van der Waals surface area (Å²) in [6, 6.07) is 16.8. The first-order valence-electron chi connectivity index (χ1n) is 13.2. The minimum atomic E-state index is -0.984. The third kappa shape index (κ3) is 3.93. The van der Waals surface area contributed by atoms with Crippen molar-refractivity contribution in [2.75, 3.05) is 31.1 Å². The molecule has 9 nitrogen and oxygen atoms in total. The van der Waals surface area contributed by atoms with E-state index in [1.54, 1.807) is 15.8 Å². The van der Waals surface area contributed by atoms with E-state index in [0.29, 0.717) is 51.1 Å². The molecule has 3 amide bonds. The number of hydrogen-bond acceptors (Lipinski definition) is 5. The number of rotatable bonds is 3. The lowest BCUT2D eigenvalue weighted by Crippen LogP contribution is -2.48. The molecule has 1 aromatic heterocycles. The number of carbonyl (C=O) groups excluding carboxylic acids is 3. The number of nitrogens with zero attached hydrogens (tertiary/aromatic N) is 4. The molecule has 1 N–H and O–H groups in total. The van der Waals surface area contributed by atoms with E-state index < -0.39 is 11.5 Å². The number of aryl methyl sites for hydroxylation is 2. The summed E-state index contributed by atoms with van der Waals surface area (Å²) >= 11 is 0. The molecule has 1 saturated heterocycles. The van der Waals surface area contributed by atoms with Crippen LogP contribution in [0.1, 0.15) is 42.1 Å². The summed E-state index contributed by atoms with van der Waals surface area (Å²) in [5.41, 5.74) is 2.46. The first-order chi connectivity index (χ1) is 18.5. The van der Waals surface area contributed by atoms with Crippen LogP contribution in [0, 0.1) is 0 Å². The topological polar surface area (TPSA) is 96.8 Å². The van der Waals surface area contributed by atoms with Crippen molar-refractivity contribution in [1.29, 1.82) is 0 Å². The van der Waals surface area contributed by atoms with Crippen LogP contribution < -0.4 is 15.0 Å². The Morgan fingerprint density at radius 1 is 1.16 bits per heavy atom. The summed E-state index contributed by atoms with van der Waals surface area (Å²) in [6.07, 6.45) is 3.73. The van der Waals surface area contributed by atoms with Crippen LogP contribution in [-0.4, -0.2) is 58.6 Å². The standard InChI is InChI=1S/C29H31N5O4/c1-32-21(12-15-31-32)10-11-26(36)33-16-13-29-23-8-2-3-9-24(23)34(28(29)37)19-25(35)30-14-5-17-38-22-7-4-6-20(18-22)27(29)33/h2-4,6-9,12,15,18,27H,5,10-11,13-14,16-17,19H2,1H3,(H,30,35)/t27-,29+/m0/s1. The number of hydrogen-bond donors (Lipinski definition) is 1. The Kier molecular flexibility index (Phi) is 6.13. The van der Waals surface area contributed by atoms with Gasteiger partial charge in [0.25, 0.3) is 0 Å². The van der Waals surface area contributed by atoms with E-state index in [4.69, 9.17) is 4.74 Å². The van der Waals surface area contributed by atoms with E-state index in [2.05, 4.69) is 10.4 Å². The van der Waals surface area contributed by atoms with E-state index in [9.17, 15) is 14.4 Å². The number of amides is 3. The van der Waals surface area contributed by atoms with E-state index in [0.717, 1.165) is 22.5 Å². The van der Waals surface area contributed by atoms with Crippen molar-refractivity contribution >= 4 is 23.4 Å². The minimum absolute atomic E-state index is 0.0120. The lowest BCUT2D eigenvalue weighted by molar-refractivity contribution is -0.134. The number of carbonyl (C=O) groups is 3. The Balaban J connectivity index is 1.45. The quantitative estimate of drug-likeness (QED) is 0.581. The highest BCUT2D eigenvalue weighted by Crippen LogP contribution is 2.56. The molecule has 38 heavy (non-hydrogen) atoms. The van der Waals surface area contributed by atoms with Crippen molar-refractivity contribution in [3.63, 3.8) is 0 Å². The smallest absolute Gasteiger partial charge is 0.240 e. The number of likely N-dealkylation sites (tertiary alicyclic amines) is 1. The largest absolute Gasteiger partial charge is 0.494 e. The monoisotopic (exact) mass is 513 g/mol. The number of ether oxygens (including phenoxy) is 1. The van der Waals surface area contributed by atoms with Crippen molar-refractivity contribution in [3.05, 3.63) is 77.6 Å². The van der Waals surface area contributed by atoms with Gasteiger partial charge in [0.05, 0.1) is 12.6 Å². The first-order valence-corrected chi connectivity index (χ1v) is 13.2. The summed E-state index contributed by atoms with van der Waals surface area (Å²) in [7, 11) is 1.87. The molecule has 1 fully saturated rings. The lowest BCUT2D eigenvalue weighted by Gasteiger charge is -2.35. The first kappa shape index (κ1) is 24.2. The molecule has 0 saturated carbocycles. The second kappa shape index (κ2) is 9.63. The molecule has 2 atom stereocenters. The van der Waals surface area contributed by atoms with Crippen LogP contribution in [-0.2, 0) is 33.3 Å². The molecule has 0 aliphatic carbocycles. The van der Waals surface area contributed by atoms with Crippen molar-refractivity contribution in [1.82, 2.24) is 20.0 Å². The zero-order valence-electron chi connectivity index (χ0n) is 21.4. The molecule has 4 bridgehead atoms. The number of nitrogens with one attached hydrogen (secondary N) is 1. The summed E-state index contributed by atoms with van der Waals surface area (Å²) in [4.78, 5) is 44.5. The van der Waals surface area contributed by atoms with Gasteiger partial charge in [-0.05, 0) is 54.7 Å². The molecule has 3 aliphatic rings. The number of fused-ring (bicyclic) bond motifs is 6. The average molecular weight is 514 g/mol. The Labute approximate surface area is 221 Å². The molecular weight excluding hydrogens is 482 g/mol. The molecule has 0 unspecified atom stereocenters. The van der Waals surface area contributed by atoms with Crippen LogP contribution in [0.15, 0.2) is 60.8 Å². The number of benzene rings is 2. The van der Waals surface area contributed by atoms with Crippen molar-refractivity contribution < 1.29 is 19.1 Å². The van der Waals surface area contributed by atoms with Gasteiger partial charge in [-0.2, -0.15) is 5.10 Å². The fraction of sp³-hybridized carbons (Fsp3) is 0.379. The van der Waals surface area contributed by atoms with Gasteiger partial charge in [0.15, 0.2) is 0 Å². The summed E-state index contributed by atoms with van der Waals surface area (Å²) < 4.78 is 7.77. The number of aromatic nitrogens is 2. The van der Waals surface area contributed by atoms with Gasteiger partial charge in [0.2, 0.25) is 17.7 Å². The molecule has 196 valence electrons. The average Bonchev–Trinajstić information content (AvgIpc) is 3.59. The highest BCUT2D eigenvalue weighted by atomic mass is 16.5. The fourth-order valence-corrected chi connectivity index (χ4v) is 6.27. The summed E-state index contributed by atoms with van der Waals surface area (Å²) in [5, 5.41) is 7.13. The zero-order chi connectivity index (χ0) is 26.3. The maximum atomic E-state index is 14.4. The molecule has 2 aromatic carbocycles. The molecule has 3 aliphatic heterocycles. The maximum Gasteiger partial charge on any atom is 0.240 e. The fourth-order valence-electron chi connectivity index (χ4n) is 6.27. The molecule has 4 heterocycles. The maximum absolute atomic E-state index is 14.4. The Morgan fingerprint density at radius 3 is 2.87 bits per heavy atom. The van der Waals surface area contributed by atoms with E-state index in [-0.39, 0.29) is 24.3 Å². The van der Waals surface area contributed by atoms with E-state index in [1.807, 2.05) is 66.5 Å². The number of anilines is 1. The van der Waals surface area contributed by atoms with Crippen LogP contribution in [0.2, 0.25) is 0 Å². The summed E-state index contributed by atoms with van der Waals surface area (Å²) in [5.74, 6) is 0.330. The van der Waals surface area contributed by atoms with Gasteiger partial charge in [0.1, 0.15) is 17.7 Å². The van der Waals surface area contributed by atoms with Gasteiger partial charge in [-0.3, -0.25) is 19.1 Å². The molecule has 1 spiro atoms. The van der Waals surface area contributed by atoms with Gasteiger partial charge in [-0.1, -0.05) is 30.3 Å².